The molecule has 1 aliphatic heterocycles. The summed E-state index contributed by atoms with van der Waals surface area (Å²) in [5.41, 5.74) is -2.14. The second-order valence-corrected chi connectivity index (χ2v) is 4.77. The van der Waals surface area contributed by atoms with Crippen molar-refractivity contribution >= 4 is 0 Å². The van der Waals surface area contributed by atoms with E-state index in [9.17, 15) is 15.0 Å². The first-order chi connectivity index (χ1) is 9.41. The quantitative estimate of drug-likeness (QED) is 0.626. The molecule has 0 aromatic carbocycles. The predicted molar refractivity (Wildman–Crippen MR) is 67.3 cm³/mol. The van der Waals surface area contributed by atoms with Gasteiger partial charge in [-0.3, -0.25) is 9.36 Å². The Bertz CT molecular complexity index is 529. The molecule has 0 aliphatic carbocycles. The zero-order valence-electron chi connectivity index (χ0n) is 11.3. The molecule has 1 aromatic heterocycles. The van der Waals surface area contributed by atoms with Crippen molar-refractivity contribution in [2.45, 2.75) is 37.9 Å². The number of ether oxygens (including phenoxy) is 2. The summed E-state index contributed by atoms with van der Waals surface area (Å²) in [5, 5.41) is 29.5. The molecule has 1 aromatic rings. The van der Waals surface area contributed by atoms with E-state index in [1.807, 2.05) is 0 Å². The first kappa shape index (κ1) is 14.9. The van der Waals surface area contributed by atoms with Gasteiger partial charge in [0.05, 0.1) is 13.2 Å². The molecule has 0 amide bonds. The minimum absolute atomic E-state index is 0.0175. The van der Waals surface area contributed by atoms with Gasteiger partial charge in [-0.05, 0) is 13.8 Å². The Hall–Kier alpha value is -1.48. The van der Waals surface area contributed by atoms with E-state index in [0.717, 1.165) is 0 Å². The third kappa shape index (κ3) is 2.42. The van der Waals surface area contributed by atoms with E-state index in [1.54, 1.807) is 6.92 Å². The number of aromatic nitrogens is 2. The second kappa shape index (κ2) is 5.49. The molecule has 1 fully saturated rings. The van der Waals surface area contributed by atoms with E-state index >= 15 is 0 Å². The molecule has 8 nitrogen and oxygen atoms in total. The van der Waals surface area contributed by atoms with E-state index in [2.05, 4.69) is 4.98 Å². The summed E-state index contributed by atoms with van der Waals surface area (Å²) in [7, 11) is 0. The van der Waals surface area contributed by atoms with Crippen LogP contribution < -0.4 is 10.3 Å². The van der Waals surface area contributed by atoms with Gasteiger partial charge < -0.3 is 24.8 Å². The van der Waals surface area contributed by atoms with Crippen molar-refractivity contribution in [2.75, 3.05) is 13.2 Å². The van der Waals surface area contributed by atoms with Crippen LogP contribution in [-0.2, 0) is 4.74 Å². The Kier molecular flexibility index (Phi) is 4.09. The highest BCUT2D eigenvalue weighted by Gasteiger charge is 2.53. The summed E-state index contributed by atoms with van der Waals surface area (Å²) in [6, 6.07) is 1.18. The standard InChI is InChI=1S/C12H18N2O6/c1-3-19-11-13-8(16)4-5-14(11)10-12(2,18)9(17)7(6-15)20-10/h4-5,7,9-10,15,17-18H,3,6H2,1-2H3/t7-,9?,10-,12-/m1/s1. The van der Waals surface area contributed by atoms with Crippen LogP contribution in [0.3, 0.4) is 0 Å². The van der Waals surface area contributed by atoms with Gasteiger partial charge in [-0.2, -0.15) is 4.98 Å². The van der Waals surface area contributed by atoms with Crippen LogP contribution in [0, 0.1) is 0 Å². The molecule has 0 radical (unpaired) electrons. The zero-order valence-corrected chi connectivity index (χ0v) is 11.3. The Balaban J connectivity index is 2.43. The summed E-state index contributed by atoms with van der Waals surface area (Å²) in [5.74, 6) is 0. The molecular weight excluding hydrogens is 268 g/mol. The van der Waals surface area contributed by atoms with E-state index in [-0.39, 0.29) is 12.6 Å². The van der Waals surface area contributed by atoms with Crippen molar-refractivity contribution in [2.24, 2.45) is 0 Å². The average molecular weight is 286 g/mol. The lowest BCUT2D eigenvalue weighted by atomic mass is 9.96. The van der Waals surface area contributed by atoms with E-state index < -0.39 is 36.2 Å². The second-order valence-electron chi connectivity index (χ2n) is 4.77. The van der Waals surface area contributed by atoms with Gasteiger partial charge in [-0.1, -0.05) is 0 Å². The van der Waals surface area contributed by atoms with Crippen LogP contribution in [0.2, 0.25) is 0 Å². The lowest BCUT2D eigenvalue weighted by Crippen LogP contribution is -2.44. The van der Waals surface area contributed by atoms with Gasteiger partial charge in [-0.25, -0.2) is 0 Å². The molecular formula is C12H18N2O6. The fourth-order valence-corrected chi connectivity index (χ4v) is 2.20. The Labute approximate surface area is 115 Å². The summed E-state index contributed by atoms with van der Waals surface area (Å²) < 4.78 is 12.0. The van der Waals surface area contributed by atoms with Crippen LogP contribution in [0.15, 0.2) is 17.1 Å². The van der Waals surface area contributed by atoms with Crippen molar-refractivity contribution in [3.05, 3.63) is 22.6 Å². The van der Waals surface area contributed by atoms with E-state index in [1.165, 1.54) is 23.8 Å². The van der Waals surface area contributed by atoms with Crippen molar-refractivity contribution in [3.63, 3.8) is 0 Å². The van der Waals surface area contributed by atoms with Crippen LogP contribution in [0.1, 0.15) is 20.1 Å². The molecule has 4 atom stereocenters. The lowest BCUT2D eigenvalue weighted by molar-refractivity contribution is -0.100. The van der Waals surface area contributed by atoms with E-state index in [4.69, 9.17) is 14.6 Å². The number of aliphatic hydroxyl groups excluding tert-OH is 2. The molecule has 0 saturated carbocycles. The molecule has 2 heterocycles. The van der Waals surface area contributed by atoms with Crippen molar-refractivity contribution < 1.29 is 24.8 Å². The van der Waals surface area contributed by atoms with Gasteiger partial charge in [0, 0.05) is 12.3 Å². The molecule has 8 heteroatoms. The van der Waals surface area contributed by atoms with Crippen molar-refractivity contribution in [1.29, 1.82) is 0 Å². The van der Waals surface area contributed by atoms with Gasteiger partial charge in [0.15, 0.2) is 6.23 Å². The SMILES string of the molecule is CCOc1nc(=O)ccn1[C@@H]1O[C@H](CO)C(O)[C@@]1(C)O. The maximum absolute atomic E-state index is 11.3. The van der Waals surface area contributed by atoms with Gasteiger partial charge >= 0.3 is 6.01 Å². The molecule has 1 unspecified atom stereocenters. The van der Waals surface area contributed by atoms with Crippen molar-refractivity contribution in [1.82, 2.24) is 9.55 Å². The third-order valence-electron chi connectivity index (χ3n) is 3.27. The smallest absolute Gasteiger partial charge is 0.301 e. The Morgan fingerprint density at radius 2 is 2.30 bits per heavy atom. The monoisotopic (exact) mass is 286 g/mol. The Morgan fingerprint density at radius 1 is 1.60 bits per heavy atom. The molecule has 0 spiro atoms. The molecule has 3 N–H and O–H groups in total. The molecule has 112 valence electrons. The van der Waals surface area contributed by atoms with Gasteiger partial charge in [-0.15, -0.1) is 0 Å². The van der Waals surface area contributed by atoms with Crippen LogP contribution >= 0.6 is 0 Å². The van der Waals surface area contributed by atoms with Crippen LogP contribution in [0.4, 0.5) is 0 Å². The molecule has 0 bridgehead atoms. The summed E-state index contributed by atoms with van der Waals surface area (Å²) in [4.78, 5) is 15.0. The largest absolute Gasteiger partial charge is 0.465 e. The highest BCUT2D eigenvalue weighted by Crippen LogP contribution is 2.39. The number of nitrogens with zero attached hydrogens (tertiary/aromatic N) is 2. The fourth-order valence-electron chi connectivity index (χ4n) is 2.20. The summed E-state index contributed by atoms with van der Waals surface area (Å²) in [6.45, 7) is 2.94. The van der Waals surface area contributed by atoms with Crippen LogP contribution in [0.5, 0.6) is 6.01 Å². The maximum Gasteiger partial charge on any atom is 0.301 e. The van der Waals surface area contributed by atoms with Gasteiger partial charge in [0.25, 0.3) is 5.56 Å². The highest BCUT2D eigenvalue weighted by atomic mass is 16.6. The fraction of sp³-hybridized carbons (Fsp3) is 0.667. The molecule has 1 aliphatic rings. The minimum Gasteiger partial charge on any atom is -0.465 e. The number of rotatable bonds is 4. The van der Waals surface area contributed by atoms with E-state index in [0.29, 0.717) is 0 Å². The number of hydrogen-bond acceptors (Lipinski definition) is 7. The first-order valence-electron chi connectivity index (χ1n) is 6.30. The van der Waals surface area contributed by atoms with Crippen LogP contribution in [0.25, 0.3) is 0 Å². The average Bonchev–Trinajstić information content (AvgIpc) is 2.62. The predicted octanol–water partition coefficient (Wildman–Crippen LogP) is -1.36. The van der Waals surface area contributed by atoms with Gasteiger partial charge in [0.1, 0.15) is 17.8 Å². The number of hydrogen-bond donors (Lipinski definition) is 3. The van der Waals surface area contributed by atoms with Crippen molar-refractivity contribution in [3.8, 4) is 6.01 Å². The van der Waals surface area contributed by atoms with Crippen LogP contribution in [-0.4, -0.2) is 55.9 Å². The summed E-state index contributed by atoms with van der Waals surface area (Å²) >= 11 is 0. The van der Waals surface area contributed by atoms with Gasteiger partial charge in [0.2, 0.25) is 0 Å². The maximum atomic E-state index is 11.3. The zero-order chi connectivity index (χ0) is 14.9. The summed E-state index contributed by atoms with van der Waals surface area (Å²) in [6.07, 6.45) is -1.86. The first-order valence-corrected chi connectivity index (χ1v) is 6.30. The highest BCUT2D eigenvalue weighted by molar-refractivity contribution is 5.07. The topological polar surface area (TPSA) is 114 Å². The molecule has 20 heavy (non-hydrogen) atoms. The normalized spacial score (nSPS) is 33.4. The number of aliphatic hydroxyl groups is 3. The minimum atomic E-state index is -1.66. The molecule has 2 rings (SSSR count). The lowest BCUT2D eigenvalue weighted by Gasteiger charge is -2.28. The Morgan fingerprint density at radius 3 is 2.85 bits per heavy atom. The molecule has 1 saturated heterocycles. The third-order valence-corrected chi connectivity index (χ3v) is 3.27.